The van der Waals surface area contributed by atoms with Crippen molar-refractivity contribution in [1.82, 2.24) is 15.5 Å². The molecule has 0 saturated carbocycles. The normalized spacial score (nSPS) is 15.8. The van der Waals surface area contributed by atoms with E-state index in [1.807, 2.05) is 56.0 Å². The number of carbonyl (C=O) groups excluding carboxylic acids is 3. The van der Waals surface area contributed by atoms with E-state index in [2.05, 4.69) is 10.6 Å². The standard InChI is InChI=1S/C23H35N3O3/c1-4-12-24-23(29)22(25-20(27)15-17(2)3)19-10-13-26(14-11-19)21(28)16-18-8-6-5-7-9-18/h5-9,17,19,22H,4,10-16H2,1-3H3,(H,24,29)(H,25,27). The van der Waals surface area contributed by atoms with Crippen molar-refractivity contribution in [2.75, 3.05) is 19.6 Å². The molecule has 1 aromatic rings. The predicted octanol–water partition coefficient (Wildman–Crippen LogP) is 2.52. The van der Waals surface area contributed by atoms with Gasteiger partial charge >= 0.3 is 0 Å². The average Bonchev–Trinajstić information content (AvgIpc) is 2.70. The Morgan fingerprint density at radius 1 is 1.10 bits per heavy atom. The van der Waals surface area contributed by atoms with E-state index in [0.717, 1.165) is 12.0 Å². The van der Waals surface area contributed by atoms with Crippen LogP contribution in [0.4, 0.5) is 0 Å². The Kier molecular flexibility index (Phi) is 9.16. The highest BCUT2D eigenvalue weighted by atomic mass is 16.2. The fourth-order valence-corrected chi connectivity index (χ4v) is 3.72. The van der Waals surface area contributed by atoms with E-state index in [1.54, 1.807) is 0 Å². The van der Waals surface area contributed by atoms with E-state index in [0.29, 0.717) is 45.3 Å². The fraction of sp³-hybridized carbons (Fsp3) is 0.609. The largest absolute Gasteiger partial charge is 0.354 e. The van der Waals surface area contributed by atoms with Crippen LogP contribution < -0.4 is 10.6 Å². The van der Waals surface area contributed by atoms with Gasteiger partial charge in [0, 0.05) is 26.1 Å². The van der Waals surface area contributed by atoms with E-state index < -0.39 is 6.04 Å². The molecular formula is C23H35N3O3. The summed E-state index contributed by atoms with van der Waals surface area (Å²) < 4.78 is 0. The number of benzene rings is 1. The van der Waals surface area contributed by atoms with Crippen molar-refractivity contribution in [1.29, 1.82) is 0 Å². The number of nitrogens with one attached hydrogen (secondary N) is 2. The summed E-state index contributed by atoms with van der Waals surface area (Å²) in [6.45, 7) is 7.82. The van der Waals surface area contributed by atoms with Crippen LogP contribution in [0.25, 0.3) is 0 Å². The number of likely N-dealkylation sites (tertiary alicyclic amines) is 1. The minimum Gasteiger partial charge on any atom is -0.354 e. The molecule has 1 aromatic carbocycles. The van der Waals surface area contributed by atoms with E-state index in [-0.39, 0.29) is 29.6 Å². The Labute approximate surface area is 174 Å². The van der Waals surface area contributed by atoms with Gasteiger partial charge in [0.25, 0.3) is 0 Å². The Balaban J connectivity index is 1.94. The summed E-state index contributed by atoms with van der Waals surface area (Å²) in [5.41, 5.74) is 1.01. The van der Waals surface area contributed by atoms with Crippen molar-refractivity contribution in [3.8, 4) is 0 Å². The third kappa shape index (κ3) is 7.52. The second-order valence-electron chi connectivity index (χ2n) is 8.31. The van der Waals surface area contributed by atoms with Crippen molar-refractivity contribution >= 4 is 17.7 Å². The Bertz CT molecular complexity index is 667. The van der Waals surface area contributed by atoms with Crippen LogP contribution in [-0.2, 0) is 20.8 Å². The van der Waals surface area contributed by atoms with Gasteiger partial charge in [0.2, 0.25) is 17.7 Å². The molecule has 6 nitrogen and oxygen atoms in total. The van der Waals surface area contributed by atoms with E-state index in [9.17, 15) is 14.4 Å². The molecule has 1 atom stereocenters. The van der Waals surface area contributed by atoms with Crippen LogP contribution in [0.15, 0.2) is 30.3 Å². The first-order chi connectivity index (χ1) is 13.9. The number of carbonyl (C=O) groups is 3. The number of rotatable bonds is 9. The smallest absolute Gasteiger partial charge is 0.242 e. The number of amides is 3. The van der Waals surface area contributed by atoms with Gasteiger partial charge in [-0.15, -0.1) is 0 Å². The van der Waals surface area contributed by atoms with Crippen LogP contribution in [0.2, 0.25) is 0 Å². The van der Waals surface area contributed by atoms with Gasteiger partial charge in [-0.2, -0.15) is 0 Å². The minimum atomic E-state index is -0.529. The van der Waals surface area contributed by atoms with Crippen molar-refractivity contribution in [3.63, 3.8) is 0 Å². The lowest BCUT2D eigenvalue weighted by atomic mass is 9.88. The predicted molar refractivity (Wildman–Crippen MR) is 114 cm³/mol. The number of hydrogen-bond donors (Lipinski definition) is 2. The number of nitrogens with zero attached hydrogens (tertiary/aromatic N) is 1. The molecule has 3 amide bonds. The first kappa shape index (κ1) is 22.9. The van der Waals surface area contributed by atoms with Crippen LogP contribution in [0.1, 0.15) is 52.0 Å². The van der Waals surface area contributed by atoms with Gasteiger partial charge in [-0.1, -0.05) is 51.1 Å². The molecule has 2 rings (SSSR count). The van der Waals surface area contributed by atoms with Gasteiger partial charge in [0.05, 0.1) is 6.42 Å². The molecule has 0 aromatic heterocycles. The second kappa shape index (κ2) is 11.6. The molecule has 1 aliphatic heterocycles. The molecule has 160 valence electrons. The van der Waals surface area contributed by atoms with Crippen molar-refractivity contribution < 1.29 is 14.4 Å². The summed E-state index contributed by atoms with van der Waals surface area (Å²) in [6, 6.07) is 9.21. The summed E-state index contributed by atoms with van der Waals surface area (Å²) in [5.74, 6) is 0.207. The maximum Gasteiger partial charge on any atom is 0.242 e. The fourth-order valence-electron chi connectivity index (χ4n) is 3.72. The monoisotopic (exact) mass is 401 g/mol. The Hall–Kier alpha value is -2.37. The molecule has 2 N–H and O–H groups in total. The van der Waals surface area contributed by atoms with E-state index >= 15 is 0 Å². The lowest BCUT2D eigenvalue weighted by molar-refractivity contribution is -0.134. The van der Waals surface area contributed by atoms with Crippen molar-refractivity contribution in [2.24, 2.45) is 11.8 Å². The molecule has 0 aliphatic carbocycles. The van der Waals surface area contributed by atoms with Gasteiger partial charge in [0.1, 0.15) is 6.04 Å². The van der Waals surface area contributed by atoms with Crippen LogP contribution >= 0.6 is 0 Å². The molecule has 0 bridgehead atoms. The Morgan fingerprint density at radius 3 is 2.34 bits per heavy atom. The molecule has 1 unspecified atom stereocenters. The molecule has 1 aliphatic rings. The quantitative estimate of drug-likeness (QED) is 0.667. The van der Waals surface area contributed by atoms with Gasteiger partial charge < -0.3 is 15.5 Å². The first-order valence-electron chi connectivity index (χ1n) is 10.8. The highest BCUT2D eigenvalue weighted by Crippen LogP contribution is 2.22. The summed E-state index contributed by atoms with van der Waals surface area (Å²) in [7, 11) is 0. The molecule has 1 fully saturated rings. The number of piperidine rings is 1. The van der Waals surface area contributed by atoms with Crippen LogP contribution in [-0.4, -0.2) is 48.3 Å². The second-order valence-corrected chi connectivity index (χ2v) is 8.31. The van der Waals surface area contributed by atoms with Crippen LogP contribution in [0.5, 0.6) is 0 Å². The molecule has 0 radical (unpaired) electrons. The van der Waals surface area contributed by atoms with Gasteiger partial charge in [0.15, 0.2) is 0 Å². The highest BCUT2D eigenvalue weighted by molar-refractivity contribution is 5.88. The highest BCUT2D eigenvalue weighted by Gasteiger charge is 2.33. The summed E-state index contributed by atoms with van der Waals surface area (Å²) in [6.07, 6.45) is 3.09. The third-order valence-corrected chi connectivity index (χ3v) is 5.30. The molecular weight excluding hydrogens is 366 g/mol. The van der Waals surface area contributed by atoms with Crippen LogP contribution in [0, 0.1) is 11.8 Å². The summed E-state index contributed by atoms with van der Waals surface area (Å²) in [4.78, 5) is 39.4. The third-order valence-electron chi connectivity index (χ3n) is 5.30. The SMILES string of the molecule is CCCNC(=O)C(NC(=O)CC(C)C)C1CCN(C(=O)Cc2ccccc2)CC1. The topological polar surface area (TPSA) is 78.5 Å². The zero-order valence-corrected chi connectivity index (χ0v) is 17.9. The molecule has 1 saturated heterocycles. The zero-order valence-electron chi connectivity index (χ0n) is 17.9. The zero-order chi connectivity index (χ0) is 21.2. The van der Waals surface area contributed by atoms with E-state index in [1.165, 1.54) is 0 Å². The lowest BCUT2D eigenvalue weighted by Crippen LogP contribution is -2.54. The van der Waals surface area contributed by atoms with Crippen molar-refractivity contribution in [2.45, 2.75) is 58.9 Å². The van der Waals surface area contributed by atoms with Gasteiger partial charge in [-0.25, -0.2) is 0 Å². The number of hydrogen-bond acceptors (Lipinski definition) is 3. The Morgan fingerprint density at radius 2 is 1.76 bits per heavy atom. The van der Waals surface area contributed by atoms with Crippen LogP contribution in [0.3, 0.4) is 0 Å². The maximum absolute atomic E-state index is 12.7. The van der Waals surface area contributed by atoms with E-state index in [4.69, 9.17) is 0 Å². The molecule has 29 heavy (non-hydrogen) atoms. The van der Waals surface area contributed by atoms with Gasteiger partial charge in [-0.05, 0) is 36.7 Å². The molecule has 1 heterocycles. The summed E-state index contributed by atoms with van der Waals surface area (Å²) in [5, 5.41) is 5.88. The lowest BCUT2D eigenvalue weighted by Gasteiger charge is -2.36. The minimum absolute atomic E-state index is 0.0451. The molecule has 6 heteroatoms. The average molecular weight is 402 g/mol. The first-order valence-corrected chi connectivity index (χ1v) is 10.8. The maximum atomic E-state index is 12.7. The summed E-state index contributed by atoms with van der Waals surface area (Å²) >= 11 is 0. The van der Waals surface area contributed by atoms with Gasteiger partial charge in [-0.3, -0.25) is 14.4 Å². The molecule has 0 spiro atoms. The van der Waals surface area contributed by atoms with Crippen molar-refractivity contribution in [3.05, 3.63) is 35.9 Å².